The normalized spacial score (nSPS) is 14.9. The van der Waals surface area contributed by atoms with Crippen molar-refractivity contribution in [3.63, 3.8) is 0 Å². The fraction of sp³-hybridized carbons (Fsp3) is 0.500. The number of H-pyrrole nitrogens is 1. The van der Waals surface area contributed by atoms with E-state index in [1.807, 2.05) is 39.0 Å². The maximum absolute atomic E-state index is 12.3. The van der Waals surface area contributed by atoms with Gasteiger partial charge in [0, 0.05) is 37.3 Å². The molecule has 0 atom stereocenters. The number of aromatic nitrogens is 4. The van der Waals surface area contributed by atoms with Gasteiger partial charge in [0.2, 0.25) is 5.95 Å². The molecule has 1 amide bonds. The fourth-order valence-electron chi connectivity index (χ4n) is 4.09. The summed E-state index contributed by atoms with van der Waals surface area (Å²) in [6, 6.07) is 5.84. The van der Waals surface area contributed by atoms with Gasteiger partial charge in [-0.05, 0) is 57.7 Å². The van der Waals surface area contributed by atoms with Gasteiger partial charge in [0.25, 0.3) is 0 Å². The van der Waals surface area contributed by atoms with E-state index in [1.54, 1.807) is 18.3 Å². The lowest BCUT2D eigenvalue weighted by molar-refractivity contribution is 0.0188. The topological polar surface area (TPSA) is 131 Å². The molecule has 34 heavy (non-hydrogen) atoms. The van der Waals surface area contributed by atoms with Crippen molar-refractivity contribution in [2.45, 2.75) is 45.8 Å². The number of amides is 1. The lowest BCUT2D eigenvalue weighted by atomic mass is 9.97. The molecule has 4 rings (SSSR count). The lowest BCUT2D eigenvalue weighted by Crippen LogP contribution is -2.42. The first kappa shape index (κ1) is 23.7. The van der Waals surface area contributed by atoms with Crippen molar-refractivity contribution >= 4 is 23.2 Å². The Hall–Kier alpha value is -3.40. The predicted octanol–water partition coefficient (Wildman–Crippen LogP) is 3.55. The number of imidazole rings is 1. The minimum atomic E-state index is -0.482. The van der Waals surface area contributed by atoms with E-state index >= 15 is 0 Å². The summed E-state index contributed by atoms with van der Waals surface area (Å²) in [5.41, 5.74) is 9.35. The van der Waals surface area contributed by atoms with Gasteiger partial charge in [0.15, 0.2) is 5.65 Å². The molecule has 10 heteroatoms. The van der Waals surface area contributed by atoms with Crippen LogP contribution in [0, 0.1) is 5.92 Å². The van der Waals surface area contributed by atoms with Crippen molar-refractivity contribution in [1.29, 1.82) is 0 Å². The van der Waals surface area contributed by atoms with Gasteiger partial charge in [-0.2, -0.15) is 4.98 Å². The number of fused-ring (bicyclic) bond motifs is 1. The molecule has 0 unspecified atom stereocenters. The molecule has 1 fully saturated rings. The van der Waals surface area contributed by atoms with Crippen LogP contribution in [0.1, 0.15) is 39.2 Å². The van der Waals surface area contributed by atoms with Crippen LogP contribution in [0.15, 0.2) is 24.5 Å². The molecular weight excluding hydrogens is 434 g/mol. The standard InChI is InChI=1S/C24H33N7O3/c1-24(2,3)34-23(32)31-9-7-15(8-10-31)13-26-22-29-19(20-21(30-22)28-14-27-20)16-5-6-18(33-4)17(11-16)12-25/h5-6,11,14-15H,7-10,12-13,25H2,1-4H3,(H2,26,27,28,29,30). The zero-order valence-electron chi connectivity index (χ0n) is 20.2. The average molecular weight is 468 g/mol. The molecule has 0 saturated carbocycles. The molecule has 0 bridgehead atoms. The number of hydrogen-bond donors (Lipinski definition) is 3. The van der Waals surface area contributed by atoms with E-state index in [0.29, 0.717) is 43.7 Å². The average Bonchev–Trinajstić information content (AvgIpc) is 3.29. The van der Waals surface area contributed by atoms with E-state index in [4.69, 9.17) is 20.2 Å². The predicted molar refractivity (Wildman–Crippen MR) is 131 cm³/mol. The van der Waals surface area contributed by atoms with Gasteiger partial charge in [-0.15, -0.1) is 0 Å². The quantitative estimate of drug-likeness (QED) is 0.502. The Morgan fingerprint density at radius 1 is 1.26 bits per heavy atom. The maximum Gasteiger partial charge on any atom is 0.410 e. The van der Waals surface area contributed by atoms with Crippen LogP contribution in [-0.2, 0) is 11.3 Å². The summed E-state index contributed by atoms with van der Waals surface area (Å²) in [6.07, 6.45) is 3.16. The minimum absolute atomic E-state index is 0.243. The van der Waals surface area contributed by atoms with Gasteiger partial charge in [-0.25, -0.2) is 14.8 Å². The summed E-state index contributed by atoms with van der Waals surface area (Å²) < 4.78 is 10.9. The highest BCUT2D eigenvalue weighted by atomic mass is 16.6. The third kappa shape index (κ3) is 5.39. The Balaban J connectivity index is 1.45. The summed E-state index contributed by atoms with van der Waals surface area (Å²) in [5.74, 6) is 1.68. The van der Waals surface area contributed by atoms with Gasteiger partial charge in [0.1, 0.15) is 22.6 Å². The molecule has 1 aliphatic rings. The summed E-state index contributed by atoms with van der Waals surface area (Å²) in [6.45, 7) is 8.09. The number of nitrogens with zero attached hydrogens (tertiary/aromatic N) is 4. The summed E-state index contributed by atoms with van der Waals surface area (Å²) in [4.78, 5) is 30.9. The van der Waals surface area contributed by atoms with Gasteiger partial charge in [-0.1, -0.05) is 0 Å². The number of aromatic amines is 1. The summed E-state index contributed by atoms with van der Waals surface area (Å²) >= 11 is 0. The lowest BCUT2D eigenvalue weighted by Gasteiger charge is -2.33. The number of rotatable bonds is 6. The first-order valence-corrected chi connectivity index (χ1v) is 11.6. The van der Waals surface area contributed by atoms with E-state index in [9.17, 15) is 4.79 Å². The Kier molecular flexibility index (Phi) is 6.87. The highest BCUT2D eigenvalue weighted by Crippen LogP contribution is 2.30. The molecule has 3 heterocycles. The molecule has 10 nitrogen and oxygen atoms in total. The number of likely N-dealkylation sites (tertiary alicyclic amines) is 1. The first-order chi connectivity index (χ1) is 16.3. The van der Waals surface area contributed by atoms with Crippen LogP contribution in [0.4, 0.5) is 10.7 Å². The van der Waals surface area contributed by atoms with Crippen LogP contribution in [-0.4, -0.2) is 63.3 Å². The molecule has 4 N–H and O–H groups in total. The molecule has 0 spiro atoms. The largest absolute Gasteiger partial charge is 0.496 e. The number of ether oxygens (including phenoxy) is 2. The molecule has 0 radical (unpaired) electrons. The van der Waals surface area contributed by atoms with Crippen LogP contribution >= 0.6 is 0 Å². The number of hydrogen-bond acceptors (Lipinski definition) is 8. The van der Waals surface area contributed by atoms with Crippen molar-refractivity contribution in [3.05, 3.63) is 30.1 Å². The molecule has 0 aliphatic carbocycles. The third-order valence-corrected chi connectivity index (χ3v) is 5.87. The number of carbonyl (C=O) groups is 1. The Morgan fingerprint density at radius 3 is 2.71 bits per heavy atom. The molecule has 2 aromatic heterocycles. The van der Waals surface area contributed by atoms with Crippen molar-refractivity contribution in [2.24, 2.45) is 11.7 Å². The van der Waals surface area contributed by atoms with E-state index in [1.165, 1.54) is 0 Å². The van der Waals surface area contributed by atoms with Crippen LogP contribution in [0.25, 0.3) is 22.4 Å². The third-order valence-electron chi connectivity index (χ3n) is 5.87. The van der Waals surface area contributed by atoms with Crippen LogP contribution in [0.3, 0.4) is 0 Å². The number of nitrogens with one attached hydrogen (secondary N) is 2. The van der Waals surface area contributed by atoms with Gasteiger partial charge >= 0.3 is 6.09 Å². The van der Waals surface area contributed by atoms with Crippen LogP contribution in [0.2, 0.25) is 0 Å². The van der Waals surface area contributed by atoms with Crippen molar-refractivity contribution in [1.82, 2.24) is 24.8 Å². The van der Waals surface area contributed by atoms with Crippen LogP contribution in [0.5, 0.6) is 5.75 Å². The van der Waals surface area contributed by atoms with E-state index < -0.39 is 5.60 Å². The molecule has 1 saturated heterocycles. The van der Waals surface area contributed by atoms with Crippen molar-refractivity contribution in [3.8, 4) is 17.0 Å². The highest BCUT2D eigenvalue weighted by molar-refractivity contribution is 5.88. The molecule has 1 aliphatic heterocycles. The number of benzene rings is 1. The van der Waals surface area contributed by atoms with E-state index in [0.717, 1.165) is 40.9 Å². The smallest absolute Gasteiger partial charge is 0.410 e. The number of carbonyl (C=O) groups excluding carboxylic acids is 1. The number of piperidine rings is 1. The maximum atomic E-state index is 12.3. The van der Waals surface area contributed by atoms with Crippen LogP contribution < -0.4 is 15.8 Å². The SMILES string of the molecule is COc1ccc(-c2nc(NCC3CCN(C(=O)OC(C)(C)C)CC3)nc3nc[nH]c23)cc1CN. The second-order valence-electron chi connectivity index (χ2n) is 9.52. The zero-order chi connectivity index (χ0) is 24.3. The summed E-state index contributed by atoms with van der Waals surface area (Å²) in [7, 11) is 1.63. The zero-order valence-corrected chi connectivity index (χ0v) is 20.2. The fourth-order valence-corrected chi connectivity index (χ4v) is 4.09. The molecular formula is C24H33N7O3. The molecule has 1 aromatic carbocycles. The Labute approximate surface area is 199 Å². The monoisotopic (exact) mass is 467 g/mol. The number of nitrogens with two attached hydrogens (primary N) is 1. The number of methoxy groups -OCH3 is 1. The second kappa shape index (κ2) is 9.84. The van der Waals surface area contributed by atoms with Gasteiger partial charge in [0.05, 0.1) is 13.4 Å². The van der Waals surface area contributed by atoms with Gasteiger partial charge < -0.3 is 30.4 Å². The van der Waals surface area contributed by atoms with Crippen molar-refractivity contribution < 1.29 is 14.3 Å². The van der Waals surface area contributed by atoms with Crippen molar-refractivity contribution in [2.75, 3.05) is 32.1 Å². The molecule has 182 valence electrons. The second-order valence-corrected chi connectivity index (χ2v) is 9.52. The Morgan fingerprint density at radius 2 is 2.03 bits per heavy atom. The minimum Gasteiger partial charge on any atom is -0.496 e. The van der Waals surface area contributed by atoms with E-state index in [2.05, 4.69) is 20.3 Å². The first-order valence-electron chi connectivity index (χ1n) is 11.6. The summed E-state index contributed by atoms with van der Waals surface area (Å²) in [5, 5.41) is 3.38. The highest BCUT2D eigenvalue weighted by Gasteiger charge is 2.27. The van der Waals surface area contributed by atoms with Gasteiger partial charge in [-0.3, -0.25) is 0 Å². The Bertz CT molecular complexity index is 1150. The molecule has 3 aromatic rings. The van der Waals surface area contributed by atoms with E-state index in [-0.39, 0.29) is 6.09 Å². The number of anilines is 1.